The first-order chi connectivity index (χ1) is 9.90. The van der Waals surface area contributed by atoms with Gasteiger partial charge in [-0.15, -0.1) is 23.7 Å². The Kier molecular flexibility index (Phi) is 7.42. The van der Waals surface area contributed by atoms with Crippen LogP contribution in [0, 0.1) is 0 Å². The molecule has 2 N–H and O–H groups in total. The molecule has 1 unspecified atom stereocenters. The van der Waals surface area contributed by atoms with Gasteiger partial charge in [0.2, 0.25) is 5.89 Å². The fourth-order valence-electron chi connectivity index (χ4n) is 1.49. The molecule has 0 saturated heterocycles. The molecule has 2 aromatic rings. The number of thiophene rings is 1. The summed E-state index contributed by atoms with van der Waals surface area (Å²) in [7, 11) is -1.71. The Bertz CT molecular complexity index is 704. The normalized spacial score (nSPS) is 12.9. The molecule has 2 aromatic heterocycles. The van der Waals surface area contributed by atoms with Crippen molar-refractivity contribution in [2.45, 2.75) is 30.1 Å². The Morgan fingerprint density at radius 3 is 2.77 bits per heavy atom. The first-order valence-electron chi connectivity index (χ1n) is 6.14. The van der Waals surface area contributed by atoms with Crippen molar-refractivity contribution in [2.75, 3.05) is 7.05 Å². The van der Waals surface area contributed by atoms with Gasteiger partial charge in [-0.25, -0.2) is 13.1 Å². The van der Waals surface area contributed by atoms with Crippen molar-refractivity contribution in [1.82, 2.24) is 20.2 Å². The maximum Gasteiger partial charge on any atom is 0.250 e. The number of nitrogens with zero attached hydrogens (tertiary/aromatic N) is 2. The summed E-state index contributed by atoms with van der Waals surface area (Å²) in [6.07, 6.45) is 0.616. The maximum atomic E-state index is 12.0. The summed E-state index contributed by atoms with van der Waals surface area (Å²) in [6, 6.07) is 3.43. The van der Waals surface area contributed by atoms with Gasteiger partial charge in [0.05, 0.1) is 10.3 Å². The van der Waals surface area contributed by atoms with Crippen molar-refractivity contribution in [2.24, 2.45) is 0 Å². The molecule has 1 atom stereocenters. The van der Waals surface area contributed by atoms with Gasteiger partial charge < -0.3 is 9.84 Å². The lowest BCUT2D eigenvalue weighted by Gasteiger charge is -2.04. The van der Waals surface area contributed by atoms with Gasteiger partial charge in [0.25, 0.3) is 10.0 Å². The van der Waals surface area contributed by atoms with Crippen LogP contribution in [0.25, 0.3) is 0 Å². The molecule has 0 amide bonds. The fraction of sp³-hybridized carbons (Fsp3) is 0.455. The van der Waals surface area contributed by atoms with Crippen molar-refractivity contribution in [1.29, 1.82) is 0 Å². The van der Waals surface area contributed by atoms with E-state index in [1.165, 1.54) is 6.07 Å². The maximum absolute atomic E-state index is 12.0. The van der Waals surface area contributed by atoms with Gasteiger partial charge in [0, 0.05) is 12.5 Å². The summed E-state index contributed by atoms with van der Waals surface area (Å²) < 4.78 is 32.5. The lowest BCUT2D eigenvalue weighted by molar-refractivity contribution is 0.368. The predicted octanol–water partition coefficient (Wildman–Crippen LogP) is 1.94. The quantitative estimate of drug-likeness (QED) is 0.695. The SMILES string of the molecule is CNC(C)Cc1noc(CNS(=O)(=O)c2ccc(Br)s2)n1.Cl. The van der Waals surface area contributed by atoms with E-state index in [9.17, 15) is 8.42 Å². The van der Waals surface area contributed by atoms with Gasteiger partial charge in [-0.05, 0) is 42.0 Å². The molecular weight excluding hydrogens is 416 g/mol. The predicted molar refractivity (Wildman–Crippen MR) is 89.8 cm³/mol. The second-order valence-corrected chi connectivity index (χ2v) is 8.84. The van der Waals surface area contributed by atoms with Gasteiger partial charge in [0.15, 0.2) is 5.82 Å². The van der Waals surface area contributed by atoms with Crippen LogP contribution < -0.4 is 10.0 Å². The Balaban J connectivity index is 0.00000242. The zero-order valence-corrected chi connectivity index (χ0v) is 15.9. The standard InChI is InChI=1S/C11H15BrN4O3S2.ClH/c1-7(13-2)5-9-15-10(19-16-9)6-14-21(17,18)11-4-3-8(12)20-11;/h3-4,7,13-14H,5-6H2,1-2H3;1H. The van der Waals surface area contributed by atoms with E-state index >= 15 is 0 Å². The number of halogens is 2. The van der Waals surface area contributed by atoms with E-state index in [0.29, 0.717) is 12.2 Å². The number of hydrogen-bond acceptors (Lipinski definition) is 7. The van der Waals surface area contributed by atoms with Crippen LogP contribution >= 0.6 is 39.7 Å². The van der Waals surface area contributed by atoms with Gasteiger partial charge in [-0.3, -0.25) is 0 Å². The molecule has 7 nitrogen and oxygen atoms in total. The van der Waals surface area contributed by atoms with Crippen molar-refractivity contribution in [3.05, 3.63) is 27.6 Å². The monoisotopic (exact) mass is 430 g/mol. The third-order valence-electron chi connectivity index (χ3n) is 2.72. The summed E-state index contributed by atoms with van der Waals surface area (Å²) in [6.45, 7) is 1.96. The van der Waals surface area contributed by atoms with Crippen molar-refractivity contribution < 1.29 is 12.9 Å². The van der Waals surface area contributed by atoms with Crippen LogP contribution in [-0.4, -0.2) is 31.6 Å². The van der Waals surface area contributed by atoms with Crippen molar-refractivity contribution >= 4 is 49.7 Å². The molecule has 0 aliphatic carbocycles. The number of rotatable bonds is 7. The molecule has 0 spiro atoms. The molecule has 0 aliphatic rings. The molecule has 0 bridgehead atoms. The highest BCUT2D eigenvalue weighted by Crippen LogP contribution is 2.25. The number of sulfonamides is 1. The highest BCUT2D eigenvalue weighted by molar-refractivity contribution is 9.11. The lowest BCUT2D eigenvalue weighted by atomic mass is 10.2. The molecule has 2 heterocycles. The van der Waals surface area contributed by atoms with Crippen molar-refractivity contribution in [3.63, 3.8) is 0 Å². The molecule has 0 saturated carbocycles. The van der Waals surface area contributed by atoms with Crippen LogP contribution in [0.2, 0.25) is 0 Å². The third-order valence-corrected chi connectivity index (χ3v) is 6.24. The summed E-state index contributed by atoms with van der Waals surface area (Å²) >= 11 is 4.37. The highest BCUT2D eigenvalue weighted by atomic mass is 79.9. The zero-order valence-electron chi connectivity index (χ0n) is 11.9. The molecule has 0 aromatic carbocycles. The topological polar surface area (TPSA) is 97.1 Å². The molecule has 22 heavy (non-hydrogen) atoms. The van der Waals surface area contributed by atoms with Crippen LogP contribution in [0.4, 0.5) is 0 Å². The van der Waals surface area contributed by atoms with Crippen LogP contribution in [-0.2, 0) is 23.0 Å². The van der Waals surface area contributed by atoms with E-state index in [2.05, 4.69) is 36.1 Å². The molecule has 0 aliphatic heterocycles. The second kappa shape index (κ2) is 8.37. The summed E-state index contributed by atoms with van der Waals surface area (Å²) in [5, 5.41) is 6.88. The van der Waals surface area contributed by atoms with Gasteiger partial charge in [0.1, 0.15) is 4.21 Å². The van der Waals surface area contributed by atoms with Crippen LogP contribution in [0.3, 0.4) is 0 Å². The number of aromatic nitrogens is 2. The van der Waals surface area contributed by atoms with Gasteiger partial charge in [-0.1, -0.05) is 5.16 Å². The lowest BCUT2D eigenvalue weighted by Crippen LogP contribution is -2.24. The Hall–Kier alpha value is -0.520. The van der Waals surface area contributed by atoms with E-state index in [1.54, 1.807) is 6.07 Å². The average molecular weight is 432 g/mol. The first kappa shape index (κ1) is 19.5. The smallest absolute Gasteiger partial charge is 0.250 e. The molecule has 0 radical (unpaired) electrons. The highest BCUT2D eigenvalue weighted by Gasteiger charge is 2.18. The Labute approximate surface area is 147 Å². The Morgan fingerprint density at radius 2 is 2.18 bits per heavy atom. The van der Waals surface area contributed by atoms with Crippen LogP contribution in [0.15, 0.2) is 24.7 Å². The zero-order chi connectivity index (χ0) is 15.5. The van der Waals surface area contributed by atoms with Crippen LogP contribution in [0.1, 0.15) is 18.6 Å². The van der Waals surface area contributed by atoms with E-state index in [4.69, 9.17) is 4.52 Å². The second-order valence-electron chi connectivity index (χ2n) is 4.38. The first-order valence-corrected chi connectivity index (χ1v) is 9.23. The molecule has 124 valence electrons. The van der Waals surface area contributed by atoms with Gasteiger partial charge in [-0.2, -0.15) is 4.98 Å². The van der Waals surface area contributed by atoms with Crippen molar-refractivity contribution in [3.8, 4) is 0 Å². The fourth-order valence-corrected chi connectivity index (χ4v) is 4.52. The minimum Gasteiger partial charge on any atom is -0.338 e. The van der Waals surface area contributed by atoms with E-state index < -0.39 is 10.0 Å². The molecule has 0 fully saturated rings. The number of hydrogen-bond donors (Lipinski definition) is 2. The van der Waals surface area contributed by atoms with E-state index in [0.717, 1.165) is 15.1 Å². The Morgan fingerprint density at radius 1 is 1.45 bits per heavy atom. The summed E-state index contributed by atoms with van der Waals surface area (Å²) in [4.78, 5) is 4.15. The minimum atomic E-state index is -3.56. The number of nitrogens with one attached hydrogen (secondary N) is 2. The summed E-state index contributed by atoms with van der Waals surface area (Å²) in [5.74, 6) is 0.789. The molecule has 2 rings (SSSR count). The largest absolute Gasteiger partial charge is 0.338 e. The number of likely N-dealkylation sites (N-methyl/N-ethyl adjacent to an activating group) is 1. The van der Waals surface area contributed by atoms with E-state index in [1.807, 2.05) is 14.0 Å². The molecular formula is C11H16BrClN4O3S2. The van der Waals surface area contributed by atoms with Gasteiger partial charge >= 0.3 is 0 Å². The average Bonchev–Trinajstić information content (AvgIpc) is 3.06. The summed E-state index contributed by atoms with van der Waals surface area (Å²) in [5.41, 5.74) is 0. The van der Waals surface area contributed by atoms with E-state index in [-0.39, 0.29) is 35.1 Å². The minimum absolute atomic E-state index is 0. The molecule has 11 heteroatoms. The third kappa shape index (κ3) is 5.28. The van der Waals surface area contributed by atoms with Crippen LogP contribution in [0.5, 0.6) is 0 Å².